The smallest absolute Gasteiger partial charge is 0.408 e. The van der Waals surface area contributed by atoms with E-state index in [0.29, 0.717) is 6.54 Å². The van der Waals surface area contributed by atoms with Crippen molar-refractivity contribution in [1.29, 1.82) is 0 Å². The monoisotopic (exact) mass is 489 g/mol. The number of nitrogens with zero attached hydrogens (tertiary/aromatic N) is 1. The minimum absolute atomic E-state index is 0.0712. The Morgan fingerprint density at radius 3 is 2.17 bits per heavy atom. The van der Waals surface area contributed by atoms with Gasteiger partial charge in [0.2, 0.25) is 11.8 Å². The van der Waals surface area contributed by atoms with Gasteiger partial charge in [-0.3, -0.25) is 9.59 Å². The molecular weight excluding hydrogens is 442 g/mol. The number of alkyl carbamates (subject to hydrolysis) is 1. The molecule has 7 heteroatoms. The molecule has 0 saturated carbocycles. The summed E-state index contributed by atoms with van der Waals surface area (Å²) in [6, 6.07) is 5.98. The summed E-state index contributed by atoms with van der Waals surface area (Å²) in [6.07, 6.45) is 5.73. The predicted octanol–water partition coefficient (Wildman–Crippen LogP) is 5.66. The third-order valence-corrected chi connectivity index (χ3v) is 5.49. The average Bonchev–Trinajstić information content (AvgIpc) is 2.72. The lowest BCUT2D eigenvalue weighted by atomic mass is 10.00. The summed E-state index contributed by atoms with van der Waals surface area (Å²) in [5.74, 6) is -0.538. The van der Waals surface area contributed by atoms with Crippen molar-refractivity contribution in [3.8, 4) is 0 Å². The van der Waals surface area contributed by atoms with Crippen LogP contribution in [0.1, 0.15) is 104 Å². The van der Waals surface area contributed by atoms with E-state index in [1.807, 2.05) is 45.0 Å². The van der Waals surface area contributed by atoms with E-state index in [0.717, 1.165) is 36.8 Å². The van der Waals surface area contributed by atoms with Crippen LogP contribution in [-0.2, 0) is 14.3 Å². The Kier molecular flexibility index (Phi) is 12.8. The SMILES string of the molecule is CCCCCCCCN(C(=O)C(C)NC(=O)OC(C)(C)C)C(C(=O)NC(C)C)c1cccc(C)c1. The summed E-state index contributed by atoms with van der Waals surface area (Å²) in [6.45, 7) is 15.3. The van der Waals surface area contributed by atoms with Crippen molar-refractivity contribution in [3.63, 3.8) is 0 Å². The van der Waals surface area contributed by atoms with Crippen molar-refractivity contribution in [2.24, 2.45) is 0 Å². The molecule has 1 rings (SSSR count). The van der Waals surface area contributed by atoms with Gasteiger partial charge in [0.05, 0.1) is 0 Å². The first-order chi connectivity index (χ1) is 16.4. The van der Waals surface area contributed by atoms with E-state index in [4.69, 9.17) is 4.74 Å². The van der Waals surface area contributed by atoms with Crippen LogP contribution in [0.2, 0.25) is 0 Å². The van der Waals surface area contributed by atoms with E-state index < -0.39 is 23.8 Å². The second-order valence-corrected chi connectivity index (χ2v) is 10.6. The number of amides is 3. The van der Waals surface area contributed by atoms with E-state index in [1.165, 1.54) is 12.8 Å². The minimum Gasteiger partial charge on any atom is -0.444 e. The third-order valence-electron chi connectivity index (χ3n) is 5.49. The van der Waals surface area contributed by atoms with Crippen LogP contribution in [0, 0.1) is 6.92 Å². The number of hydrogen-bond donors (Lipinski definition) is 2. The molecule has 0 aliphatic rings. The number of aryl methyl sites for hydroxylation is 1. The standard InChI is InChI=1S/C28H47N3O4/c1-9-10-11-12-13-14-18-31(26(33)22(5)30-27(34)35-28(6,7)8)24(25(32)29-20(2)3)23-17-15-16-21(4)19-23/h15-17,19-20,22,24H,9-14,18H2,1-8H3,(H,29,32)(H,30,34). The molecule has 0 aromatic heterocycles. The topological polar surface area (TPSA) is 87.7 Å². The number of ether oxygens (including phenoxy) is 1. The zero-order valence-electron chi connectivity index (χ0n) is 23.1. The fraction of sp³-hybridized carbons (Fsp3) is 0.679. The summed E-state index contributed by atoms with van der Waals surface area (Å²) < 4.78 is 5.34. The van der Waals surface area contributed by atoms with Gasteiger partial charge in [-0.25, -0.2) is 4.79 Å². The van der Waals surface area contributed by atoms with E-state index >= 15 is 0 Å². The summed E-state index contributed by atoms with van der Waals surface area (Å²) in [5.41, 5.74) is 1.09. The maximum atomic E-state index is 13.7. The lowest BCUT2D eigenvalue weighted by molar-refractivity contribution is -0.142. The summed E-state index contributed by atoms with van der Waals surface area (Å²) in [5, 5.41) is 5.63. The van der Waals surface area contributed by atoms with E-state index in [2.05, 4.69) is 17.6 Å². The molecule has 1 aromatic carbocycles. The normalized spacial score (nSPS) is 13.2. The first kappa shape index (κ1) is 30.5. The molecule has 2 atom stereocenters. The molecule has 0 saturated heterocycles. The number of carbonyl (C=O) groups excluding carboxylic acids is 3. The van der Waals surface area contributed by atoms with Gasteiger partial charge < -0.3 is 20.3 Å². The highest BCUT2D eigenvalue weighted by molar-refractivity contribution is 5.92. The third kappa shape index (κ3) is 11.6. The van der Waals surface area contributed by atoms with Crippen molar-refractivity contribution in [2.45, 2.75) is 118 Å². The molecule has 2 unspecified atom stereocenters. The van der Waals surface area contributed by atoms with Gasteiger partial charge in [0.1, 0.15) is 17.7 Å². The van der Waals surface area contributed by atoms with Crippen LogP contribution in [0.3, 0.4) is 0 Å². The van der Waals surface area contributed by atoms with Gasteiger partial charge in [0.25, 0.3) is 0 Å². The molecule has 0 bridgehead atoms. The van der Waals surface area contributed by atoms with Gasteiger partial charge in [-0.15, -0.1) is 0 Å². The van der Waals surface area contributed by atoms with Gasteiger partial charge in [-0.05, 0) is 60.5 Å². The first-order valence-electron chi connectivity index (χ1n) is 13.0. The molecule has 1 aromatic rings. The Labute approximate surface area is 212 Å². The van der Waals surface area contributed by atoms with Crippen LogP contribution in [-0.4, -0.2) is 47.0 Å². The van der Waals surface area contributed by atoms with Crippen LogP contribution in [0.4, 0.5) is 4.79 Å². The highest BCUT2D eigenvalue weighted by atomic mass is 16.6. The molecule has 0 heterocycles. The molecule has 198 valence electrons. The number of unbranched alkanes of at least 4 members (excludes halogenated alkanes) is 5. The van der Waals surface area contributed by atoms with Crippen LogP contribution in [0.25, 0.3) is 0 Å². The first-order valence-corrected chi connectivity index (χ1v) is 13.0. The summed E-state index contributed by atoms with van der Waals surface area (Å²) >= 11 is 0. The van der Waals surface area contributed by atoms with Crippen LogP contribution < -0.4 is 10.6 Å². The number of nitrogens with one attached hydrogen (secondary N) is 2. The molecule has 0 spiro atoms. The largest absolute Gasteiger partial charge is 0.444 e. The van der Waals surface area contributed by atoms with E-state index in [-0.39, 0.29) is 17.9 Å². The van der Waals surface area contributed by atoms with Crippen molar-refractivity contribution in [2.75, 3.05) is 6.54 Å². The molecule has 0 aliphatic carbocycles. The van der Waals surface area contributed by atoms with Crippen LogP contribution in [0.15, 0.2) is 24.3 Å². The van der Waals surface area contributed by atoms with Gasteiger partial charge in [-0.1, -0.05) is 68.9 Å². The zero-order chi connectivity index (χ0) is 26.6. The van der Waals surface area contributed by atoms with Crippen molar-refractivity contribution < 1.29 is 19.1 Å². The van der Waals surface area contributed by atoms with Gasteiger partial charge in [-0.2, -0.15) is 0 Å². The number of benzene rings is 1. The van der Waals surface area contributed by atoms with Crippen LogP contribution >= 0.6 is 0 Å². The Morgan fingerprint density at radius 2 is 1.60 bits per heavy atom. The molecule has 0 aliphatic heterocycles. The summed E-state index contributed by atoms with van der Waals surface area (Å²) in [4.78, 5) is 41.0. The number of hydrogen-bond acceptors (Lipinski definition) is 4. The van der Waals surface area contributed by atoms with Crippen molar-refractivity contribution >= 4 is 17.9 Å². The molecule has 7 nitrogen and oxygen atoms in total. The van der Waals surface area contributed by atoms with E-state index in [9.17, 15) is 14.4 Å². The molecule has 2 N–H and O–H groups in total. The Morgan fingerprint density at radius 1 is 0.971 bits per heavy atom. The lowest BCUT2D eigenvalue weighted by Crippen LogP contribution is -2.52. The maximum absolute atomic E-state index is 13.7. The average molecular weight is 490 g/mol. The molecular formula is C28H47N3O4. The highest BCUT2D eigenvalue weighted by Crippen LogP contribution is 2.25. The second kappa shape index (κ2) is 14.7. The molecule has 35 heavy (non-hydrogen) atoms. The van der Waals surface area contributed by atoms with Gasteiger partial charge in [0, 0.05) is 12.6 Å². The molecule has 0 fully saturated rings. The Balaban J connectivity index is 3.22. The number of rotatable bonds is 13. The fourth-order valence-corrected chi connectivity index (χ4v) is 3.90. The minimum atomic E-state index is -0.843. The molecule has 3 amide bonds. The quantitative estimate of drug-likeness (QED) is 0.350. The lowest BCUT2D eigenvalue weighted by Gasteiger charge is -2.34. The van der Waals surface area contributed by atoms with Crippen molar-refractivity contribution in [1.82, 2.24) is 15.5 Å². The maximum Gasteiger partial charge on any atom is 0.408 e. The highest BCUT2D eigenvalue weighted by Gasteiger charge is 2.34. The predicted molar refractivity (Wildman–Crippen MR) is 141 cm³/mol. The van der Waals surface area contributed by atoms with Gasteiger partial charge >= 0.3 is 6.09 Å². The Bertz CT molecular complexity index is 817. The zero-order valence-corrected chi connectivity index (χ0v) is 23.1. The Hall–Kier alpha value is -2.57. The van der Waals surface area contributed by atoms with Crippen LogP contribution in [0.5, 0.6) is 0 Å². The second-order valence-electron chi connectivity index (χ2n) is 10.6. The van der Waals surface area contributed by atoms with Gasteiger partial charge in [0.15, 0.2) is 0 Å². The van der Waals surface area contributed by atoms with Crippen molar-refractivity contribution in [3.05, 3.63) is 35.4 Å². The molecule has 0 radical (unpaired) electrons. The number of carbonyl (C=O) groups is 3. The summed E-state index contributed by atoms with van der Waals surface area (Å²) in [7, 11) is 0. The fourth-order valence-electron chi connectivity index (χ4n) is 3.90. The van der Waals surface area contributed by atoms with E-state index in [1.54, 1.807) is 32.6 Å².